The molecular weight excluding hydrogens is 323 g/mol. The molecule has 0 bridgehead atoms. The Hall–Kier alpha value is -2.16. The van der Waals surface area contributed by atoms with Gasteiger partial charge in [0.25, 0.3) is 0 Å². The second kappa shape index (κ2) is 6.39. The van der Waals surface area contributed by atoms with Gasteiger partial charge in [-0.1, -0.05) is 0 Å². The van der Waals surface area contributed by atoms with Crippen LogP contribution in [0, 0.1) is 5.92 Å². The van der Waals surface area contributed by atoms with Crippen molar-refractivity contribution in [1.82, 2.24) is 19.7 Å². The summed E-state index contributed by atoms with van der Waals surface area (Å²) in [6.45, 7) is 1.16. The number of halogens is 3. The van der Waals surface area contributed by atoms with Gasteiger partial charge in [-0.15, -0.1) is 10.2 Å². The van der Waals surface area contributed by atoms with Crippen molar-refractivity contribution in [3.8, 4) is 0 Å². The van der Waals surface area contributed by atoms with Crippen molar-refractivity contribution in [3.63, 3.8) is 0 Å². The van der Waals surface area contributed by atoms with Crippen LogP contribution in [0.5, 0.6) is 0 Å². The molecule has 3 rings (SSSR count). The van der Waals surface area contributed by atoms with E-state index in [4.69, 9.17) is 0 Å². The van der Waals surface area contributed by atoms with Crippen molar-refractivity contribution in [2.24, 2.45) is 13.0 Å². The minimum atomic E-state index is -4.50. The van der Waals surface area contributed by atoms with Crippen molar-refractivity contribution in [2.45, 2.75) is 25.1 Å². The molecule has 2 aromatic rings. The molecule has 0 aromatic carbocycles. The summed E-state index contributed by atoms with van der Waals surface area (Å²) >= 11 is 0. The van der Waals surface area contributed by atoms with E-state index in [1.165, 1.54) is 6.07 Å². The zero-order valence-electron chi connectivity index (χ0n) is 13.1. The van der Waals surface area contributed by atoms with Crippen LogP contribution in [0.25, 0.3) is 0 Å². The maximum atomic E-state index is 12.6. The summed E-state index contributed by atoms with van der Waals surface area (Å²) in [5.41, 5.74) is -1.01. The Morgan fingerprint density at radius 1 is 1.29 bits per heavy atom. The second-order valence-electron chi connectivity index (χ2n) is 5.96. The molecule has 1 aliphatic rings. The van der Waals surface area contributed by atoms with E-state index < -0.39 is 18.0 Å². The van der Waals surface area contributed by atoms with Gasteiger partial charge >= 0.3 is 6.18 Å². The van der Waals surface area contributed by atoms with Crippen LogP contribution >= 0.6 is 0 Å². The fraction of sp³-hybridized carbons (Fsp3) is 0.533. The quantitative estimate of drug-likeness (QED) is 0.927. The van der Waals surface area contributed by atoms with E-state index in [1.54, 1.807) is 17.0 Å². The molecule has 0 amide bonds. The van der Waals surface area contributed by atoms with Crippen molar-refractivity contribution in [3.05, 3.63) is 36.0 Å². The summed E-state index contributed by atoms with van der Waals surface area (Å²) in [7, 11) is 1.81. The first-order valence-corrected chi connectivity index (χ1v) is 7.67. The lowest BCUT2D eigenvalue weighted by Crippen LogP contribution is -2.39. The summed E-state index contributed by atoms with van der Waals surface area (Å²) in [5.74, 6) is 0.907. The fourth-order valence-electron chi connectivity index (χ4n) is 2.99. The van der Waals surface area contributed by atoms with Crippen molar-refractivity contribution in [1.29, 1.82) is 0 Å². The van der Waals surface area contributed by atoms with Crippen molar-refractivity contribution in [2.75, 3.05) is 18.0 Å². The monoisotopic (exact) mass is 341 g/mol. The average molecular weight is 341 g/mol. The van der Waals surface area contributed by atoms with E-state index in [0.29, 0.717) is 24.7 Å². The molecule has 0 spiro atoms. The van der Waals surface area contributed by atoms with Gasteiger partial charge in [-0.3, -0.25) is 0 Å². The highest BCUT2D eigenvalue weighted by Gasteiger charge is 2.34. The van der Waals surface area contributed by atoms with Gasteiger partial charge in [0.15, 0.2) is 11.5 Å². The van der Waals surface area contributed by atoms with Crippen LogP contribution in [0.15, 0.2) is 24.5 Å². The smallest absolute Gasteiger partial charge is 0.385 e. The van der Waals surface area contributed by atoms with Gasteiger partial charge < -0.3 is 14.6 Å². The Morgan fingerprint density at radius 2 is 2.08 bits per heavy atom. The number of aryl methyl sites for hydroxylation is 1. The van der Waals surface area contributed by atoms with Gasteiger partial charge in [0, 0.05) is 38.4 Å². The highest BCUT2D eigenvalue weighted by Crippen LogP contribution is 2.31. The maximum absolute atomic E-state index is 12.6. The largest absolute Gasteiger partial charge is 0.435 e. The lowest BCUT2D eigenvalue weighted by atomic mass is 9.92. The standard InChI is InChI=1S/C15H18F3N5O/c1-22-8-6-19-14(22)13(24)10-3-2-7-23(9-10)12-5-4-11(20-21-12)15(16,17)18/h4-6,8,10,13,24H,2-3,7,9H2,1H3. The molecule has 1 saturated heterocycles. The number of hydrogen-bond acceptors (Lipinski definition) is 5. The van der Waals surface area contributed by atoms with Crippen LogP contribution in [0.2, 0.25) is 0 Å². The molecule has 130 valence electrons. The Kier molecular flexibility index (Phi) is 4.44. The zero-order chi connectivity index (χ0) is 17.3. The number of anilines is 1. The number of aliphatic hydroxyl groups is 1. The summed E-state index contributed by atoms with van der Waals surface area (Å²) < 4.78 is 39.5. The SMILES string of the molecule is Cn1ccnc1C(O)C1CCCN(c2ccc(C(F)(F)F)nn2)C1. The van der Waals surface area contributed by atoms with Crippen molar-refractivity contribution >= 4 is 5.82 Å². The highest BCUT2D eigenvalue weighted by molar-refractivity contribution is 5.38. The third-order valence-electron chi connectivity index (χ3n) is 4.29. The lowest BCUT2D eigenvalue weighted by Gasteiger charge is -2.35. The van der Waals surface area contributed by atoms with E-state index in [9.17, 15) is 18.3 Å². The van der Waals surface area contributed by atoms with Crippen molar-refractivity contribution < 1.29 is 18.3 Å². The number of aliphatic hydroxyl groups excluding tert-OH is 1. The minimum absolute atomic E-state index is 0.0658. The summed E-state index contributed by atoms with van der Waals surface area (Å²) in [6.07, 6.45) is -0.200. The fourth-order valence-corrected chi connectivity index (χ4v) is 2.99. The second-order valence-corrected chi connectivity index (χ2v) is 5.96. The topological polar surface area (TPSA) is 67.1 Å². The molecule has 9 heteroatoms. The molecule has 1 aliphatic heterocycles. The molecule has 0 aliphatic carbocycles. The molecule has 0 radical (unpaired) electrons. The normalized spacial score (nSPS) is 20.2. The molecular formula is C15H18F3N5O. The number of alkyl halides is 3. The van der Waals surface area contributed by atoms with E-state index >= 15 is 0 Å². The van der Waals surface area contributed by atoms with Gasteiger partial charge in [-0.05, 0) is 25.0 Å². The first-order valence-electron chi connectivity index (χ1n) is 7.67. The Morgan fingerprint density at radius 3 is 2.67 bits per heavy atom. The molecule has 24 heavy (non-hydrogen) atoms. The number of rotatable bonds is 3. The highest BCUT2D eigenvalue weighted by atomic mass is 19.4. The number of hydrogen-bond donors (Lipinski definition) is 1. The van der Waals surface area contributed by atoms with Crippen LogP contribution in [-0.2, 0) is 13.2 Å². The molecule has 2 atom stereocenters. The molecule has 1 fully saturated rings. The van der Waals surface area contributed by atoms with E-state index in [2.05, 4.69) is 15.2 Å². The summed E-state index contributed by atoms with van der Waals surface area (Å²) in [5, 5.41) is 17.5. The van der Waals surface area contributed by atoms with Crippen LogP contribution in [0.3, 0.4) is 0 Å². The number of piperidine rings is 1. The van der Waals surface area contributed by atoms with Crippen LogP contribution < -0.4 is 4.90 Å². The summed E-state index contributed by atoms with van der Waals surface area (Å²) in [4.78, 5) is 6.02. The van der Waals surface area contributed by atoms with Gasteiger partial charge in [-0.25, -0.2) is 4.98 Å². The van der Waals surface area contributed by atoms with Gasteiger partial charge in [0.2, 0.25) is 0 Å². The number of imidazole rings is 1. The molecule has 2 aromatic heterocycles. The van der Waals surface area contributed by atoms with E-state index in [1.807, 2.05) is 11.9 Å². The average Bonchev–Trinajstić information content (AvgIpc) is 3.00. The van der Waals surface area contributed by atoms with Crippen LogP contribution in [0.1, 0.15) is 30.5 Å². The van der Waals surface area contributed by atoms with Crippen LogP contribution in [0.4, 0.5) is 19.0 Å². The Bertz CT molecular complexity index is 685. The maximum Gasteiger partial charge on any atom is 0.435 e. The molecule has 3 heterocycles. The van der Waals surface area contributed by atoms with E-state index in [0.717, 1.165) is 18.9 Å². The Labute approximate surface area is 136 Å². The predicted octanol–water partition coefficient (Wildman–Crippen LogP) is 2.18. The molecule has 6 nitrogen and oxygen atoms in total. The first-order chi connectivity index (χ1) is 11.4. The van der Waals surface area contributed by atoms with Gasteiger partial charge in [0.1, 0.15) is 11.9 Å². The molecule has 2 unspecified atom stereocenters. The van der Waals surface area contributed by atoms with E-state index in [-0.39, 0.29) is 5.92 Å². The lowest BCUT2D eigenvalue weighted by molar-refractivity contribution is -0.141. The first kappa shape index (κ1) is 16.7. The number of aromatic nitrogens is 4. The minimum Gasteiger partial charge on any atom is -0.385 e. The van der Waals surface area contributed by atoms with Crippen LogP contribution in [-0.4, -0.2) is 37.9 Å². The third-order valence-corrected chi connectivity index (χ3v) is 4.29. The van der Waals surface area contributed by atoms with Gasteiger partial charge in [0.05, 0.1) is 0 Å². The molecule has 1 N–H and O–H groups in total. The summed E-state index contributed by atoms with van der Waals surface area (Å²) in [6, 6.07) is 2.26. The molecule has 0 saturated carbocycles. The van der Waals surface area contributed by atoms with Gasteiger partial charge in [-0.2, -0.15) is 13.2 Å². The zero-order valence-corrected chi connectivity index (χ0v) is 13.1. The third kappa shape index (κ3) is 3.35. The Balaban J connectivity index is 1.72. The number of nitrogens with zero attached hydrogens (tertiary/aromatic N) is 5. The predicted molar refractivity (Wildman–Crippen MR) is 80.1 cm³/mol.